The summed E-state index contributed by atoms with van der Waals surface area (Å²) in [5, 5.41) is 10.5. The smallest absolute Gasteiger partial charge is 0.255 e. The lowest BCUT2D eigenvalue weighted by Crippen LogP contribution is -2.13. The van der Waals surface area contributed by atoms with E-state index < -0.39 is 11.7 Å². The van der Waals surface area contributed by atoms with Crippen LogP contribution >= 0.6 is 0 Å². The summed E-state index contributed by atoms with van der Waals surface area (Å²) in [7, 11) is 1.51. The lowest BCUT2D eigenvalue weighted by molar-refractivity contribution is 0.102. The van der Waals surface area contributed by atoms with E-state index in [-0.39, 0.29) is 5.69 Å². The number of ether oxygens (including phenoxy) is 1. The number of methoxy groups -OCH3 is 1. The molecule has 0 aliphatic rings. The van der Waals surface area contributed by atoms with Crippen molar-refractivity contribution in [2.45, 2.75) is 0 Å². The molecule has 0 spiro atoms. The minimum absolute atomic E-state index is 0.136. The van der Waals surface area contributed by atoms with Crippen LogP contribution in [0.2, 0.25) is 0 Å². The van der Waals surface area contributed by atoms with Gasteiger partial charge in [0.2, 0.25) is 5.88 Å². The largest absolute Gasteiger partial charge is 0.480 e. The van der Waals surface area contributed by atoms with Crippen molar-refractivity contribution in [3.8, 4) is 17.1 Å². The molecule has 6 heteroatoms. The van der Waals surface area contributed by atoms with Crippen LogP contribution in [0, 0.1) is 5.82 Å². The number of anilines is 1. The Morgan fingerprint density at radius 1 is 1.04 bits per heavy atom. The molecule has 0 aliphatic carbocycles. The molecule has 0 saturated heterocycles. The zero-order chi connectivity index (χ0) is 16.9. The fraction of sp³-hybridized carbons (Fsp3) is 0.0556. The third-order valence-corrected chi connectivity index (χ3v) is 3.39. The number of carbonyl (C=O) groups is 1. The first-order chi connectivity index (χ1) is 11.7. The summed E-state index contributed by atoms with van der Waals surface area (Å²) in [6, 6.07) is 16.3. The lowest BCUT2D eigenvalue weighted by Gasteiger charge is -2.08. The normalized spacial score (nSPS) is 10.2. The van der Waals surface area contributed by atoms with Gasteiger partial charge < -0.3 is 10.1 Å². The molecule has 2 aromatic carbocycles. The SMILES string of the molecule is COc1ccc(-c2cccc(C(=O)Nc3ccccc3F)c2)nn1. The number of hydrogen-bond acceptors (Lipinski definition) is 4. The lowest BCUT2D eigenvalue weighted by atomic mass is 10.1. The van der Waals surface area contributed by atoms with Gasteiger partial charge in [0, 0.05) is 17.2 Å². The Morgan fingerprint density at radius 3 is 2.58 bits per heavy atom. The molecule has 0 radical (unpaired) electrons. The third-order valence-electron chi connectivity index (χ3n) is 3.39. The van der Waals surface area contributed by atoms with Crippen molar-refractivity contribution in [2.75, 3.05) is 12.4 Å². The molecule has 0 atom stereocenters. The van der Waals surface area contributed by atoms with Crippen LogP contribution in [0.3, 0.4) is 0 Å². The molecule has 0 unspecified atom stereocenters. The van der Waals surface area contributed by atoms with Gasteiger partial charge >= 0.3 is 0 Å². The number of hydrogen-bond donors (Lipinski definition) is 1. The first-order valence-electron chi connectivity index (χ1n) is 7.21. The highest BCUT2D eigenvalue weighted by Gasteiger charge is 2.10. The predicted molar refractivity (Wildman–Crippen MR) is 88.4 cm³/mol. The average Bonchev–Trinajstić information content (AvgIpc) is 2.64. The molecule has 1 aromatic heterocycles. The maximum Gasteiger partial charge on any atom is 0.255 e. The molecule has 1 heterocycles. The molecular weight excluding hydrogens is 309 g/mol. The average molecular weight is 323 g/mol. The maximum absolute atomic E-state index is 13.6. The van der Waals surface area contributed by atoms with E-state index in [0.29, 0.717) is 17.1 Å². The summed E-state index contributed by atoms with van der Waals surface area (Å²) in [5.41, 5.74) is 1.87. The molecular formula is C18H14FN3O2. The zero-order valence-corrected chi connectivity index (χ0v) is 12.9. The molecule has 0 saturated carbocycles. The van der Waals surface area contributed by atoms with Crippen LogP contribution in [0.5, 0.6) is 5.88 Å². The van der Waals surface area contributed by atoms with E-state index in [2.05, 4.69) is 15.5 Å². The Hall–Kier alpha value is -3.28. The first kappa shape index (κ1) is 15.6. The molecule has 3 rings (SSSR count). The number of carbonyl (C=O) groups excluding carboxylic acids is 1. The highest BCUT2D eigenvalue weighted by Crippen LogP contribution is 2.20. The Kier molecular flexibility index (Phi) is 4.47. The summed E-state index contributed by atoms with van der Waals surface area (Å²) in [5.74, 6) is -0.473. The molecule has 3 aromatic rings. The number of benzene rings is 2. The quantitative estimate of drug-likeness (QED) is 0.797. The summed E-state index contributed by atoms with van der Waals surface area (Å²) in [6.07, 6.45) is 0. The molecule has 0 fully saturated rings. The van der Waals surface area contributed by atoms with Gasteiger partial charge in [0.1, 0.15) is 5.82 Å². The third kappa shape index (κ3) is 3.38. The Morgan fingerprint density at radius 2 is 1.88 bits per heavy atom. The van der Waals surface area contributed by atoms with E-state index in [1.165, 1.54) is 19.2 Å². The standard InChI is InChI=1S/C18H14FN3O2/c1-24-17-10-9-15(21-22-17)12-5-4-6-13(11-12)18(23)20-16-8-3-2-7-14(16)19/h2-11H,1H3,(H,20,23). The molecule has 5 nitrogen and oxygen atoms in total. The fourth-order valence-electron chi connectivity index (χ4n) is 2.16. The summed E-state index contributed by atoms with van der Waals surface area (Å²) < 4.78 is 18.6. The van der Waals surface area contributed by atoms with Crippen LogP contribution in [0.25, 0.3) is 11.3 Å². The molecule has 0 bridgehead atoms. The van der Waals surface area contributed by atoms with Gasteiger partial charge in [-0.15, -0.1) is 10.2 Å². The van der Waals surface area contributed by atoms with Gasteiger partial charge in [-0.3, -0.25) is 4.79 Å². The fourth-order valence-corrected chi connectivity index (χ4v) is 2.16. The van der Waals surface area contributed by atoms with Crippen LogP contribution in [0.4, 0.5) is 10.1 Å². The van der Waals surface area contributed by atoms with E-state index in [0.717, 1.165) is 5.56 Å². The van der Waals surface area contributed by atoms with E-state index in [4.69, 9.17) is 4.74 Å². The van der Waals surface area contributed by atoms with Crippen molar-refractivity contribution in [3.63, 3.8) is 0 Å². The van der Waals surface area contributed by atoms with Crippen LogP contribution in [0.1, 0.15) is 10.4 Å². The van der Waals surface area contributed by atoms with Crippen molar-refractivity contribution < 1.29 is 13.9 Å². The van der Waals surface area contributed by atoms with Crippen molar-refractivity contribution >= 4 is 11.6 Å². The Labute approximate surface area is 138 Å². The second kappa shape index (κ2) is 6.87. The number of halogens is 1. The van der Waals surface area contributed by atoms with Crippen LogP contribution in [-0.2, 0) is 0 Å². The minimum atomic E-state index is -0.483. The van der Waals surface area contributed by atoms with E-state index in [1.807, 2.05) is 6.07 Å². The summed E-state index contributed by atoms with van der Waals surface area (Å²) in [6.45, 7) is 0. The van der Waals surface area contributed by atoms with Gasteiger partial charge in [0.15, 0.2) is 0 Å². The molecule has 1 amide bonds. The van der Waals surface area contributed by atoms with Crippen LogP contribution in [0.15, 0.2) is 60.7 Å². The van der Waals surface area contributed by atoms with Gasteiger partial charge in [-0.05, 0) is 30.3 Å². The first-order valence-corrected chi connectivity index (χ1v) is 7.21. The van der Waals surface area contributed by atoms with Gasteiger partial charge in [-0.1, -0.05) is 24.3 Å². The number of nitrogens with zero attached hydrogens (tertiary/aromatic N) is 2. The number of aromatic nitrogens is 2. The number of rotatable bonds is 4. The van der Waals surface area contributed by atoms with Crippen LogP contribution < -0.4 is 10.1 Å². The number of amides is 1. The maximum atomic E-state index is 13.6. The van der Waals surface area contributed by atoms with Crippen molar-refractivity contribution in [3.05, 3.63) is 72.0 Å². The van der Waals surface area contributed by atoms with Crippen molar-refractivity contribution in [1.29, 1.82) is 0 Å². The number of nitrogens with one attached hydrogen (secondary N) is 1. The zero-order valence-electron chi connectivity index (χ0n) is 12.9. The monoisotopic (exact) mass is 323 g/mol. The van der Waals surface area contributed by atoms with Crippen molar-refractivity contribution in [1.82, 2.24) is 10.2 Å². The van der Waals surface area contributed by atoms with E-state index in [9.17, 15) is 9.18 Å². The molecule has 0 aliphatic heterocycles. The highest BCUT2D eigenvalue weighted by atomic mass is 19.1. The highest BCUT2D eigenvalue weighted by molar-refractivity contribution is 6.04. The van der Waals surface area contributed by atoms with Gasteiger partial charge in [0.25, 0.3) is 5.91 Å². The summed E-state index contributed by atoms with van der Waals surface area (Å²) >= 11 is 0. The minimum Gasteiger partial charge on any atom is -0.480 e. The number of para-hydroxylation sites is 1. The van der Waals surface area contributed by atoms with Gasteiger partial charge in [-0.2, -0.15) is 0 Å². The van der Waals surface area contributed by atoms with Gasteiger partial charge in [0.05, 0.1) is 18.5 Å². The predicted octanol–water partition coefficient (Wildman–Crippen LogP) is 3.54. The molecule has 1 N–H and O–H groups in total. The van der Waals surface area contributed by atoms with Crippen molar-refractivity contribution in [2.24, 2.45) is 0 Å². The molecule has 120 valence electrons. The van der Waals surface area contributed by atoms with E-state index >= 15 is 0 Å². The molecule has 24 heavy (non-hydrogen) atoms. The second-order valence-corrected chi connectivity index (χ2v) is 4.98. The van der Waals surface area contributed by atoms with Gasteiger partial charge in [-0.25, -0.2) is 4.39 Å². The Balaban J connectivity index is 1.84. The Bertz CT molecular complexity index is 866. The van der Waals surface area contributed by atoms with E-state index in [1.54, 1.807) is 42.5 Å². The van der Waals surface area contributed by atoms with Crippen LogP contribution in [-0.4, -0.2) is 23.2 Å². The second-order valence-electron chi connectivity index (χ2n) is 4.98. The topological polar surface area (TPSA) is 64.1 Å². The summed E-state index contributed by atoms with van der Waals surface area (Å²) in [4.78, 5) is 12.3.